The van der Waals surface area contributed by atoms with Gasteiger partial charge in [0, 0.05) is 76.2 Å². The molecule has 1 amide bonds. The summed E-state index contributed by atoms with van der Waals surface area (Å²) in [5.41, 5.74) is 3.91. The van der Waals surface area contributed by atoms with Gasteiger partial charge in [-0.25, -0.2) is 9.78 Å². The number of hydrogen-bond donors (Lipinski definition) is 2. The van der Waals surface area contributed by atoms with Crippen molar-refractivity contribution in [3.05, 3.63) is 42.0 Å². The molecule has 9 nitrogen and oxygen atoms in total. The Hall–Kier alpha value is -2.91. The molecule has 1 aromatic carbocycles. The van der Waals surface area contributed by atoms with Crippen molar-refractivity contribution in [2.75, 3.05) is 37.6 Å². The van der Waals surface area contributed by atoms with E-state index in [4.69, 9.17) is 4.98 Å². The average Bonchev–Trinajstić information content (AvgIpc) is 3.44. The fourth-order valence-electron chi connectivity index (χ4n) is 5.03. The van der Waals surface area contributed by atoms with E-state index in [0.29, 0.717) is 0 Å². The highest BCUT2D eigenvalue weighted by Gasteiger charge is 2.30. The quantitative estimate of drug-likeness (QED) is 0.614. The van der Waals surface area contributed by atoms with E-state index >= 15 is 0 Å². The number of imidazole rings is 1. The first-order valence-electron chi connectivity index (χ1n) is 11.6. The summed E-state index contributed by atoms with van der Waals surface area (Å²) >= 11 is 0. The molecule has 2 aromatic heterocycles. The maximum absolute atomic E-state index is 11.9. The third-order valence-corrected chi connectivity index (χ3v) is 6.77. The van der Waals surface area contributed by atoms with Gasteiger partial charge in [-0.1, -0.05) is 0 Å². The Labute approximate surface area is 187 Å². The Morgan fingerprint density at radius 3 is 2.81 bits per heavy atom. The van der Waals surface area contributed by atoms with E-state index in [-0.39, 0.29) is 6.04 Å². The van der Waals surface area contributed by atoms with Crippen molar-refractivity contribution < 1.29 is 9.90 Å². The van der Waals surface area contributed by atoms with Crippen LogP contribution in [0.25, 0.3) is 11.0 Å². The molecule has 1 unspecified atom stereocenters. The van der Waals surface area contributed by atoms with Crippen LogP contribution in [0.1, 0.15) is 24.7 Å². The lowest BCUT2D eigenvalue weighted by molar-refractivity contribution is 0.198. The van der Waals surface area contributed by atoms with Crippen LogP contribution in [-0.2, 0) is 25.9 Å². The van der Waals surface area contributed by atoms with Crippen LogP contribution < -0.4 is 10.2 Å². The van der Waals surface area contributed by atoms with Gasteiger partial charge < -0.3 is 15.0 Å². The van der Waals surface area contributed by atoms with Gasteiger partial charge in [0.2, 0.25) is 0 Å². The van der Waals surface area contributed by atoms with Gasteiger partial charge in [0.25, 0.3) is 0 Å². The molecule has 0 spiro atoms. The molecule has 1 atom stereocenters. The highest BCUT2D eigenvalue weighted by Crippen LogP contribution is 2.36. The lowest BCUT2D eigenvalue weighted by Crippen LogP contribution is -2.44. The molecular weight excluding hydrogens is 406 g/mol. The number of carbonyl (C=O) groups is 1. The molecule has 0 bridgehead atoms. The van der Waals surface area contributed by atoms with E-state index in [1.165, 1.54) is 4.90 Å². The molecule has 5 rings (SSSR count). The Kier molecular flexibility index (Phi) is 5.84. The third kappa shape index (κ3) is 3.98. The Morgan fingerprint density at radius 1 is 1.22 bits per heavy atom. The number of fused-ring (bicyclic) bond motifs is 3. The summed E-state index contributed by atoms with van der Waals surface area (Å²) in [7, 11) is 0. The molecule has 9 heteroatoms. The minimum Gasteiger partial charge on any atom is -0.465 e. The molecule has 3 aromatic rings. The van der Waals surface area contributed by atoms with Gasteiger partial charge in [-0.3, -0.25) is 14.5 Å². The van der Waals surface area contributed by atoms with Crippen molar-refractivity contribution in [1.82, 2.24) is 29.5 Å². The van der Waals surface area contributed by atoms with Crippen molar-refractivity contribution in [2.45, 2.75) is 45.3 Å². The van der Waals surface area contributed by atoms with E-state index < -0.39 is 6.09 Å². The molecule has 1 fully saturated rings. The summed E-state index contributed by atoms with van der Waals surface area (Å²) in [6.45, 7) is 8.81. The number of carboxylic acid groups (broad SMARTS) is 1. The summed E-state index contributed by atoms with van der Waals surface area (Å²) in [5.74, 6) is 1.04. The first-order chi connectivity index (χ1) is 15.6. The van der Waals surface area contributed by atoms with Crippen LogP contribution in [0.2, 0.25) is 0 Å². The van der Waals surface area contributed by atoms with Gasteiger partial charge in [-0.15, -0.1) is 0 Å². The van der Waals surface area contributed by atoms with Gasteiger partial charge in [-0.05, 0) is 38.0 Å². The summed E-state index contributed by atoms with van der Waals surface area (Å²) in [6, 6.07) is 5.95. The van der Waals surface area contributed by atoms with Gasteiger partial charge in [0.15, 0.2) is 0 Å². The molecule has 2 aliphatic rings. The topological polar surface area (TPSA) is 91.5 Å². The first kappa shape index (κ1) is 21.0. The van der Waals surface area contributed by atoms with E-state index in [1.807, 2.05) is 29.9 Å². The van der Waals surface area contributed by atoms with Crippen LogP contribution in [0.15, 0.2) is 30.6 Å². The number of benzene rings is 1. The summed E-state index contributed by atoms with van der Waals surface area (Å²) in [6.07, 6.45) is 5.33. The van der Waals surface area contributed by atoms with Crippen molar-refractivity contribution in [1.29, 1.82) is 0 Å². The fourth-order valence-corrected chi connectivity index (χ4v) is 5.03. The maximum atomic E-state index is 11.9. The van der Waals surface area contributed by atoms with Crippen LogP contribution in [0.3, 0.4) is 0 Å². The maximum Gasteiger partial charge on any atom is 0.412 e. The number of amides is 1. The predicted molar refractivity (Wildman–Crippen MR) is 123 cm³/mol. The lowest BCUT2D eigenvalue weighted by atomic mass is 9.96. The predicted octanol–water partition coefficient (Wildman–Crippen LogP) is 2.20. The van der Waals surface area contributed by atoms with E-state index in [2.05, 4.69) is 25.9 Å². The van der Waals surface area contributed by atoms with Gasteiger partial charge in [0.1, 0.15) is 5.82 Å². The second kappa shape index (κ2) is 8.91. The zero-order chi connectivity index (χ0) is 22.1. The van der Waals surface area contributed by atoms with E-state index in [0.717, 1.165) is 93.2 Å². The third-order valence-electron chi connectivity index (χ3n) is 6.77. The number of rotatable bonds is 6. The van der Waals surface area contributed by atoms with Crippen LogP contribution in [0.5, 0.6) is 0 Å². The monoisotopic (exact) mass is 437 g/mol. The largest absolute Gasteiger partial charge is 0.465 e. The Balaban J connectivity index is 1.50. The molecule has 0 saturated carbocycles. The minimum atomic E-state index is -0.894. The molecule has 0 aliphatic carbocycles. The molecule has 170 valence electrons. The molecular formula is C23H31N7O2. The lowest BCUT2D eigenvalue weighted by Gasteiger charge is -2.33. The van der Waals surface area contributed by atoms with Crippen molar-refractivity contribution in [3.63, 3.8) is 0 Å². The highest BCUT2D eigenvalue weighted by atomic mass is 16.4. The van der Waals surface area contributed by atoms with Crippen molar-refractivity contribution >= 4 is 22.8 Å². The summed E-state index contributed by atoms with van der Waals surface area (Å²) in [4.78, 5) is 21.0. The first-order valence-corrected chi connectivity index (χ1v) is 11.6. The second-order valence-corrected chi connectivity index (χ2v) is 8.76. The second-order valence-electron chi connectivity index (χ2n) is 8.76. The standard InChI is InChI=1S/C23H31N7O2/c1-17-3-4-18-19(30(17)23(31)32)5-6-20-22(18)26-21(7-12-28-11-2-8-25-28)29(20)16-15-27-13-9-24-10-14-27/h2,5-6,8,11,17,24H,3-4,7,9-10,12-16H2,1H3,(H,31,32). The van der Waals surface area contributed by atoms with Crippen LogP contribution >= 0.6 is 0 Å². The van der Waals surface area contributed by atoms with Gasteiger partial charge in [-0.2, -0.15) is 5.10 Å². The Bertz CT molecular complexity index is 1090. The van der Waals surface area contributed by atoms with Gasteiger partial charge >= 0.3 is 6.09 Å². The highest BCUT2D eigenvalue weighted by molar-refractivity contribution is 5.94. The smallest absolute Gasteiger partial charge is 0.412 e. The molecule has 1 saturated heterocycles. The van der Waals surface area contributed by atoms with Crippen molar-refractivity contribution in [3.8, 4) is 0 Å². The van der Waals surface area contributed by atoms with Crippen molar-refractivity contribution in [2.24, 2.45) is 0 Å². The summed E-state index contributed by atoms with van der Waals surface area (Å²) < 4.78 is 4.27. The molecule has 2 N–H and O–H groups in total. The zero-order valence-electron chi connectivity index (χ0n) is 18.6. The van der Waals surface area contributed by atoms with E-state index in [1.54, 1.807) is 6.20 Å². The van der Waals surface area contributed by atoms with Crippen LogP contribution in [0.4, 0.5) is 10.5 Å². The fraction of sp³-hybridized carbons (Fsp3) is 0.522. The molecule has 2 aliphatic heterocycles. The number of aryl methyl sites for hydroxylation is 3. The zero-order valence-corrected chi connectivity index (χ0v) is 18.6. The normalized spacial score (nSPS) is 19.4. The van der Waals surface area contributed by atoms with Crippen LogP contribution in [0, 0.1) is 0 Å². The molecule has 4 heterocycles. The number of nitrogens with zero attached hydrogens (tertiary/aromatic N) is 6. The molecule has 32 heavy (non-hydrogen) atoms. The average molecular weight is 438 g/mol. The number of anilines is 1. The minimum absolute atomic E-state index is 0.0217. The SMILES string of the molecule is CC1CCc2c(ccc3c2nc(CCn2cccn2)n3CCN2CCNCC2)N1C(=O)O. The van der Waals surface area contributed by atoms with Gasteiger partial charge in [0.05, 0.1) is 16.7 Å². The number of piperazine rings is 1. The number of aromatic nitrogens is 4. The summed E-state index contributed by atoms with van der Waals surface area (Å²) in [5, 5.41) is 17.5. The Morgan fingerprint density at radius 2 is 2.06 bits per heavy atom. The number of nitrogens with one attached hydrogen (secondary N) is 1. The van der Waals surface area contributed by atoms with Crippen LogP contribution in [-0.4, -0.2) is 74.2 Å². The van der Waals surface area contributed by atoms with E-state index in [9.17, 15) is 9.90 Å². The molecule has 0 radical (unpaired) electrons. The number of hydrogen-bond acceptors (Lipinski definition) is 5.